The molecule has 1 aromatic carbocycles. The van der Waals surface area contributed by atoms with Crippen molar-refractivity contribution in [3.05, 3.63) is 29.0 Å². The molecule has 0 radical (unpaired) electrons. The molecule has 0 spiro atoms. The van der Waals surface area contributed by atoms with Crippen molar-refractivity contribution in [2.24, 2.45) is 0 Å². The molecule has 1 amide bonds. The number of halogens is 2. The van der Waals surface area contributed by atoms with Gasteiger partial charge in [0, 0.05) is 5.02 Å². The maximum Gasteiger partial charge on any atom is 0.284 e. The molecule has 4 nitrogen and oxygen atoms in total. The van der Waals surface area contributed by atoms with Crippen LogP contribution in [-0.4, -0.2) is 19.1 Å². The Morgan fingerprint density at radius 1 is 1.56 bits per heavy atom. The van der Waals surface area contributed by atoms with Gasteiger partial charge in [0.2, 0.25) is 0 Å². The highest BCUT2D eigenvalue weighted by Gasteiger charge is 2.16. The van der Waals surface area contributed by atoms with Gasteiger partial charge in [-0.3, -0.25) is 9.63 Å². The molecule has 88 valence electrons. The highest BCUT2D eigenvalue weighted by molar-refractivity contribution is 6.30. The lowest BCUT2D eigenvalue weighted by molar-refractivity contribution is -0.137. The number of hydrogen-bond donors (Lipinski definition) is 1. The summed E-state index contributed by atoms with van der Waals surface area (Å²) >= 11 is 5.57. The molecule has 0 aliphatic heterocycles. The van der Waals surface area contributed by atoms with E-state index in [0.717, 1.165) is 6.07 Å². The van der Waals surface area contributed by atoms with Crippen LogP contribution in [0.4, 0.5) is 4.39 Å². The number of hydroxylamine groups is 1. The Labute approximate surface area is 97.3 Å². The van der Waals surface area contributed by atoms with E-state index < -0.39 is 17.8 Å². The van der Waals surface area contributed by atoms with Crippen molar-refractivity contribution in [3.8, 4) is 5.75 Å². The Balaban J connectivity index is 2.69. The average molecular weight is 248 g/mol. The monoisotopic (exact) mass is 247 g/mol. The molecule has 1 aromatic rings. The molecule has 16 heavy (non-hydrogen) atoms. The number of carbonyl (C=O) groups is 1. The second-order valence-electron chi connectivity index (χ2n) is 3.01. The summed E-state index contributed by atoms with van der Waals surface area (Å²) in [6.07, 6.45) is -0.865. The third-order valence-electron chi connectivity index (χ3n) is 1.77. The number of benzene rings is 1. The molecule has 0 aliphatic carbocycles. The second-order valence-corrected chi connectivity index (χ2v) is 3.44. The maximum atomic E-state index is 13.3. The molecule has 1 atom stereocenters. The van der Waals surface area contributed by atoms with Crippen LogP contribution in [0.25, 0.3) is 0 Å². The number of carbonyl (C=O) groups excluding carboxylic acids is 1. The molecule has 1 N–H and O–H groups in total. The Bertz CT molecular complexity index is 386. The van der Waals surface area contributed by atoms with Gasteiger partial charge in [0.1, 0.15) is 0 Å². The Kier molecular flexibility index (Phi) is 4.52. The molecule has 0 fully saturated rings. The van der Waals surface area contributed by atoms with E-state index in [1.807, 2.05) is 0 Å². The predicted octanol–water partition coefficient (Wildman–Crippen LogP) is 1.92. The van der Waals surface area contributed by atoms with Crippen molar-refractivity contribution in [2.75, 3.05) is 7.11 Å². The fourth-order valence-electron chi connectivity index (χ4n) is 0.998. The van der Waals surface area contributed by atoms with Gasteiger partial charge < -0.3 is 4.74 Å². The minimum atomic E-state index is -0.865. The van der Waals surface area contributed by atoms with Crippen molar-refractivity contribution in [1.29, 1.82) is 0 Å². The first-order chi connectivity index (χ1) is 7.54. The highest BCUT2D eigenvalue weighted by Crippen LogP contribution is 2.21. The summed E-state index contributed by atoms with van der Waals surface area (Å²) < 4.78 is 18.4. The highest BCUT2D eigenvalue weighted by atomic mass is 35.5. The quantitative estimate of drug-likeness (QED) is 0.827. The topological polar surface area (TPSA) is 47.6 Å². The standard InChI is InChI=1S/C10H11ClFNO3/c1-6(10(14)13-15-2)16-9-4-3-7(11)5-8(9)12/h3-6H,1-2H3,(H,13,14)/t6-/m0/s1. The van der Waals surface area contributed by atoms with Gasteiger partial charge in [0.15, 0.2) is 17.7 Å². The fourth-order valence-corrected chi connectivity index (χ4v) is 1.16. The summed E-state index contributed by atoms with van der Waals surface area (Å²) in [7, 11) is 1.30. The summed E-state index contributed by atoms with van der Waals surface area (Å²) in [6, 6.07) is 3.94. The molecular formula is C10H11ClFNO3. The SMILES string of the molecule is CONC(=O)[C@H](C)Oc1ccc(Cl)cc1F. The normalized spacial score (nSPS) is 12.0. The zero-order valence-corrected chi connectivity index (χ0v) is 9.55. The first kappa shape index (κ1) is 12.7. The van der Waals surface area contributed by atoms with Crippen molar-refractivity contribution in [1.82, 2.24) is 5.48 Å². The number of rotatable bonds is 4. The summed E-state index contributed by atoms with van der Waals surface area (Å²) in [6.45, 7) is 1.47. The van der Waals surface area contributed by atoms with Crippen LogP contribution in [0.3, 0.4) is 0 Å². The minimum absolute atomic E-state index is 0.0387. The lowest BCUT2D eigenvalue weighted by Crippen LogP contribution is -2.35. The van der Waals surface area contributed by atoms with Gasteiger partial charge in [-0.2, -0.15) is 0 Å². The average Bonchev–Trinajstić information content (AvgIpc) is 2.22. The van der Waals surface area contributed by atoms with Crippen LogP contribution in [0.1, 0.15) is 6.92 Å². The minimum Gasteiger partial charge on any atom is -0.478 e. The molecule has 0 unspecified atom stereocenters. The van der Waals surface area contributed by atoms with Crippen LogP contribution >= 0.6 is 11.6 Å². The van der Waals surface area contributed by atoms with Crippen LogP contribution in [0.2, 0.25) is 5.02 Å². The number of amides is 1. The number of nitrogens with one attached hydrogen (secondary N) is 1. The molecule has 0 saturated heterocycles. The van der Waals surface area contributed by atoms with Gasteiger partial charge in [-0.1, -0.05) is 11.6 Å². The Morgan fingerprint density at radius 2 is 2.25 bits per heavy atom. The van der Waals surface area contributed by atoms with Gasteiger partial charge >= 0.3 is 0 Å². The first-order valence-corrected chi connectivity index (χ1v) is 4.87. The zero-order valence-electron chi connectivity index (χ0n) is 8.79. The lowest BCUT2D eigenvalue weighted by atomic mass is 10.3. The Hall–Kier alpha value is -1.33. The fraction of sp³-hybridized carbons (Fsp3) is 0.300. The van der Waals surface area contributed by atoms with E-state index in [4.69, 9.17) is 16.3 Å². The van der Waals surface area contributed by atoms with Crippen molar-refractivity contribution in [3.63, 3.8) is 0 Å². The zero-order chi connectivity index (χ0) is 12.1. The van der Waals surface area contributed by atoms with E-state index in [9.17, 15) is 9.18 Å². The molecule has 6 heteroatoms. The molecule has 1 rings (SSSR count). The van der Waals surface area contributed by atoms with Gasteiger partial charge in [-0.05, 0) is 25.1 Å². The third-order valence-corrected chi connectivity index (χ3v) is 2.00. The van der Waals surface area contributed by atoms with Crippen LogP contribution < -0.4 is 10.2 Å². The van der Waals surface area contributed by atoms with E-state index in [2.05, 4.69) is 10.3 Å². The third kappa shape index (κ3) is 3.36. The molecule has 0 aliphatic rings. The van der Waals surface area contributed by atoms with Crippen molar-refractivity contribution in [2.45, 2.75) is 13.0 Å². The molecule has 0 bridgehead atoms. The van der Waals surface area contributed by atoms with Gasteiger partial charge in [0.05, 0.1) is 7.11 Å². The number of hydrogen-bond acceptors (Lipinski definition) is 3. The largest absolute Gasteiger partial charge is 0.478 e. The summed E-state index contributed by atoms with van der Waals surface area (Å²) in [5.74, 6) is -1.16. The summed E-state index contributed by atoms with van der Waals surface area (Å²) in [5, 5.41) is 0.263. The lowest BCUT2D eigenvalue weighted by Gasteiger charge is -2.14. The molecule has 0 aromatic heterocycles. The van der Waals surface area contributed by atoms with E-state index in [1.165, 1.54) is 26.2 Å². The number of ether oxygens (including phenoxy) is 1. The molecular weight excluding hydrogens is 237 g/mol. The van der Waals surface area contributed by atoms with Crippen LogP contribution in [0.5, 0.6) is 5.75 Å². The summed E-state index contributed by atoms with van der Waals surface area (Å²) in [5.41, 5.74) is 2.08. The van der Waals surface area contributed by atoms with E-state index >= 15 is 0 Å². The molecule has 0 saturated carbocycles. The van der Waals surface area contributed by atoms with Gasteiger partial charge in [-0.25, -0.2) is 9.87 Å². The second kappa shape index (κ2) is 5.67. The maximum absolute atomic E-state index is 13.3. The van der Waals surface area contributed by atoms with Crippen LogP contribution in [-0.2, 0) is 9.63 Å². The van der Waals surface area contributed by atoms with Crippen LogP contribution in [0.15, 0.2) is 18.2 Å². The molecule has 0 heterocycles. The summed E-state index contributed by atoms with van der Waals surface area (Å²) in [4.78, 5) is 15.6. The van der Waals surface area contributed by atoms with E-state index in [-0.39, 0.29) is 10.8 Å². The predicted molar refractivity (Wildman–Crippen MR) is 56.7 cm³/mol. The van der Waals surface area contributed by atoms with E-state index in [1.54, 1.807) is 0 Å². The van der Waals surface area contributed by atoms with Crippen molar-refractivity contribution >= 4 is 17.5 Å². The smallest absolute Gasteiger partial charge is 0.284 e. The van der Waals surface area contributed by atoms with Crippen molar-refractivity contribution < 1.29 is 18.8 Å². The Morgan fingerprint density at radius 3 is 2.81 bits per heavy atom. The first-order valence-electron chi connectivity index (χ1n) is 4.49. The van der Waals surface area contributed by atoms with Crippen LogP contribution in [0, 0.1) is 5.82 Å². The van der Waals surface area contributed by atoms with E-state index in [0.29, 0.717) is 0 Å². The van der Waals surface area contributed by atoms with Gasteiger partial charge in [-0.15, -0.1) is 0 Å². The van der Waals surface area contributed by atoms with Gasteiger partial charge in [0.25, 0.3) is 5.91 Å².